The number of nitrogens with zero attached hydrogens (tertiary/aromatic N) is 1. The summed E-state index contributed by atoms with van der Waals surface area (Å²) in [6, 6.07) is 10.9. The fraction of sp³-hybridized carbons (Fsp3) is 0.261. The first-order valence-electron chi connectivity index (χ1n) is 10.0. The van der Waals surface area contributed by atoms with Crippen LogP contribution >= 0.6 is 11.3 Å². The number of hydrogen-bond acceptors (Lipinski definition) is 6. The van der Waals surface area contributed by atoms with Gasteiger partial charge < -0.3 is 20.1 Å². The van der Waals surface area contributed by atoms with Crippen LogP contribution in [-0.4, -0.2) is 30.5 Å². The van der Waals surface area contributed by atoms with Crippen molar-refractivity contribution >= 4 is 28.2 Å². The second-order valence-corrected chi connectivity index (χ2v) is 8.20. The van der Waals surface area contributed by atoms with Crippen molar-refractivity contribution in [3.63, 3.8) is 0 Å². The molecule has 31 heavy (non-hydrogen) atoms. The van der Waals surface area contributed by atoms with Crippen molar-refractivity contribution in [2.75, 3.05) is 19.0 Å². The smallest absolute Gasteiger partial charge is 0.262 e. The van der Waals surface area contributed by atoms with Gasteiger partial charge in [0.2, 0.25) is 0 Å². The number of thiophene rings is 1. The van der Waals surface area contributed by atoms with Crippen LogP contribution in [0.5, 0.6) is 11.5 Å². The Morgan fingerprint density at radius 1 is 1.13 bits per heavy atom. The Morgan fingerprint density at radius 2 is 1.97 bits per heavy atom. The van der Waals surface area contributed by atoms with E-state index in [1.165, 1.54) is 11.3 Å². The molecule has 7 nitrogen and oxygen atoms in total. The summed E-state index contributed by atoms with van der Waals surface area (Å²) < 4.78 is 10.8. The zero-order valence-corrected chi connectivity index (χ0v) is 18.0. The summed E-state index contributed by atoms with van der Waals surface area (Å²) in [7, 11) is 1.55. The molecule has 0 saturated heterocycles. The SMILES string of the molecule is COc1ccccc1OCC(=O)Nc1sc2c(c1C(=O)NCc1cccnc1)CCC2. The Bertz CT molecular complexity index is 1080. The lowest BCUT2D eigenvalue weighted by molar-refractivity contribution is -0.118. The van der Waals surface area contributed by atoms with Gasteiger partial charge in [-0.2, -0.15) is 0 Å². The number of amides is 2. The lowest BCUT2D eigenvalue weighted by Gasteiger charge is -2.11. The van der Waals surface area contributed by atoms with Crippen LogP contribution in [0.25, 0.3) is 0 Å². The van der Waals surface area contributed by atoms with E-state index in [2.05, 4.69) is 15.6 Å². The Kier molecular flexibility index (Phi) is 6.47. The van der Waals surface area contributed by atoms with Gasteiger partial charge in [-0.3, -0.25) is 14.6 Å². The van der Waals surface area contributed by atoms with E-state index in [4.69, 9.17) is 9.47 Å². The number of rotatable bonds is 8. The van der Waals surface area contributed by atoms with Gasteiger partial charge in [0, 0.05) is 23.8 Å². The number of benzene rings is 1. The van der Waals surface area contributed by atoms with E-state index in [1.807, 2.05) is 24.3 Å². The van der Waals surface area contributed by atoms with E-state index in [0.717, 1.165) is 35.3 Å². The Balaban J connectivity index is 1.44. The second kappa shape index (κ2) is 9.61. The number of carbonyl (C=O) groups is 2. The zero-order valence-electron chi connectivity index (χ0n) is 17.1. The minimum absolute atomic E-state index is 0.181. The number of carbonyl (C=O) groups excluding carboxylic acids is 2. The molecule has 1 aliphatic rings. The van der Waals surface area contributed by atoms with Gasteiger partial charge in [-0.1, -0.05) is 18.2 Å². The topological polar surface area (TPSA) is 89.5 Å². The maximum atomic E-state index is 13.0. The summed E-state index contributed by atoms with van der Waals surface area (Å²) in [6.45, 7) is 0.196. The fourth-order valence-electron chi connectivity index (χ4n) is 3.55. The number of aromatic nitrogens is 1. The molecule has 0 bridgehead atoms. The molecule has 0 atom stereocenters. The second-order valence-electron chi connectivity index (χ2n) is 7.09. The molecule has 1 aliphatic carbocycles. The molecule has 2 N–H and O–H groups in total. The lowest BCUT2D eigenvalue weighted by atomic mass is 10.1. The van der Waals surface area contributed by atoms with E-state index >= 15 is 0 Å². The molecular formula is C23H23N3O4S. The Hall–Kier alpha value is -3.39. The Labute approximate surface area is 184 Å². The van der Waals surface area contributed by atoms with Crippen molar-refractivity contribution in [3.8, 4) is 11.5 Å². The van der Waals surface area contributed by atoms with E-state index in [-0.39, 0.29) is 18.4 Å². The molecule has 2 heterocycles. The zero-order chi connectivity index (χ0) is 21.6. The number of pyridine rings is 1. The first-order valence-corrected chi connectivity index (χ1v) is 10.8. The van der Waals surface area contributed by atoms with E-state index in [0.29, 0.717) is 28.6 Å². The van der Waals surface area contributed by atoms with Crippen LogP contribution in [-0.2, 0) is 24.2 Å². The average molecular weight is 438 g/mol. The van der Waals surface area contributed by atoms with Crippen LogP contribution in [0.4, 0.5) is 5.00 Å². The summed E-state index contributed by atoms with van der Waals surface area (Å²) in [5.41, 5.74) is 2.51. The van der Waals surface area contributed by atoms with Crippen molar-refractivity contribution in [1.29, 1.82) is 0 Å². The van der Waals surface area contributed by atoms with Crippen LogP contribution in [0, 0.1) is 0 Å². The van der Waals surface area contributed by atoms with Crippen molar-refractivity contribution in [3.05, 3.63) is 70.4 Å². The predicted molar refractivity (Wildman–Crippen MR) is 119 cm³/mol. The van der Waals surface area contributed by atoms with E-state index in [1.54, 1.807) is 31.6 Å². The van der Waals surface area contributed by atoms with Crippen LogP contribution in [0.1, 0.15) is 32.8 Å². The van der Waals surface area contributed by atoms with E-state index < -0.39 is 0 Å². The quantitative estimate of drug-likeness (QED) is 0.562. The number of nitrogens with one attached hydrogen (secondary N) is 2. The van der Waals surface area contributed by atoms with Crippen LogP contribution in [0.2, 0.25) is 0 Å². The highest BCUT2D eigenvalue weighted by Crippen LogP contribution is 2.39. The number of fused-ring (bicyclic) bond motifs is 1. The molecule has 8 heteroatoms. The number of methoxy groups -OCH3 is 1. The summed E-state index contributed by atoms with van der Waals surface area (Å²) >= 11 is 1.47. The molecule has 0 radical (unpaired) electrons. The predicted octanol–water partition coefficient (Wildman–Crippen LogP) is 3.59. The molecule has 4 rings (SSSR count). The maximum absolute atomic E-state index is 13.0. The highest BCUT2D eigenvalue weighted by Gasteiger charge is 2.27. The molecule has 160 valence electrons. The molecular weight excluding hydrogens is 414 g/mol. The van der Waals surface area contributed by atoms with Gasteiger partial charge in [0.15, 0.2) is 18.1 Å². The fourth-order valence-corrected chi connectivity index (χ4v) is 4.85. The molecule has 3 aromatic rings. The molecule has 2 aromatic heterocycles. The highest BCUT2D eigenvalue weighted by molar-refractivity contribution is 7.17. The van der Waals surface area contributed by atoms with Crippen LogP contribution < -0.4 is 20.1 Å². The minimum Gasteiger partial charge on any atom is -0.493 e. The van der Waals surface area contributed by atoms with Crippen molar-refractivity contribution in [1.82, 2.24) is 10.3 Å². The average Bonchev–Trinajstić information content (AvgIpc) is 3.38. The molecule has 1 aromatic carbocycles. The summed E-state index contributed by atoms with van der Waals surface area (Å²) in [6.07, 6.45) is 6.20. The largest absolute Gasteiger partial charge is 0.493 e. The first-order chi connectivity index (χ1) is 15.2. The Morgan fingerprint density at radius 3 is 2.74 bits per heavy atom. The van der Waals surface area contributed by atoms with Gasteiger partial charge in [-0.05, 0) is 48.6 Å². The highest BCUT2D eigenvalue weighted by atomic mass is 32.1. The number of aryl methyl sites for hydroxylation is 1. The van der Waals surface area contributed by atoms with E-state index in [9.17, 15) is 9.59 Å². The maximum Gasteiger partial charge on any atom is 0.262 e. The van der Waals surface area contributed by atoms with Gasteiger partial charge in [-0.15, -0.1) is 11.3 Å². The number of ether oxygens (including phenoxy) is 2. The van der Waals surface area contributed by atoms with Gasteiger partial charge >= 0.3 is 0 Å². The van der Waals surface area contributed by atoms with Gasteiger partial charge in [0.25, 0.3) is 11.8 Å². The minimum atomic E-state index is -0.327. The van der Waals surface area contributed by atoms with Crippen LogP contribution in [0.3, 0.4) is 0 Å². The lowest BCUT2D eigenvalue weighted by Crippen LogP contribution is -2.26. The molecule has 0 fully saturated rings. The summed E-state index contributed by atoms with van der Waals surface area (Å²) in [5.74, 6) is 0.528. The van der Waals surface area contributed by atoms with Crippen molar-refractivity contribution < 1.29 is 19.1 Å². The standard InChI is InChI=1S/C23H23N3O4S/c1-29-17-8-2-3-9-18(17)30-14-20(27)26-23-21(16-7-4-10-19(16)31-23)22(28)25-13-15-6-5-11-24-12-15/h2-3,5-6,8-9,11-12H,4,7,10,13-14H2,1H3,(H,25,28)(H,26,27). The molecule has 0 unspecified atom stereocenters. The van der Waals surface area contributed by atoms with Crippen molar-refractivity contribution in [2.45, 2.75) is 25.8 Å². The molecule has 2 amide bonds. The van der Waals surface area contributed by atoms with Gasteiger partial charge in [0.05, 0.1) is 12.7 Å². The molecule has 0 spiro atoms. The third-order valence-corrected chi connectivity index (χ3v) is 6.21. The number of para-hydroxylation sites is 2. The van der Waals surface area contributed by atoms with Crippen molar-refractivity contribution in [2.24, 2.45) is 0 Å². The molecule has 0 aliphatic heterocycles. The number of anilines is 1. The third kappa shape index (κ3) is 4.86. The van der Waals surface area contributed by atoms with Crippen LogP contribution in [0.15, 0.2) is 48.8 Å². The number of hydrogen-bond donors (Lipinski definition) is 2. The monoisotopic (exact) mass is 437 g/mol. The normalized spacial score (nSPS) is 12.2. The third-order valence-electron chi connectivity index (χ3n) is 5.01. The first kappa shape index (κ1) is 20.9. The summed E-state index contributed by atoms with van der Waals surface area (Å²) in [4.78, 5) is 30.8. The molecule has 0 saturated carbocycles. The van der Waals surface area contributed by atoms with Gasteiger partial charge in [-0.25, -0.2) is 0 Å². The van der Waals surface area contributed by atoms with Gasteiger partial charge in [0.1, 0.15) is 5.00 Å². The summed E-state index contributed by atoms with van der Waals surface area (Å²) in [5, 5.41) is 6.38.